The van der Waals surface area contributed by atoms with Crippen molar-refractivity contribution in [1.29, 1.82) is 0 Å². The van der Waals surface area contributed by atoms with E-state index < -0.39 is 0 Å². The van der Waals surface area contributed by atoms with Gasteiger partial charge in [-0.3, -0.25) is 4.79 Å². The molecule has 1 aromatic carbocycles. The molecule has 0 radical (unpaired) electrons. The second kappa shape index (κ2) is 9.84. The topological polar surface area (TPSA) is 35.5 Å². The van der Waals surface area contributed by atoms with Crippen LogP contribution in [-0.2, 0) is 4.74 Å². The fourth-order valence-corrected chi connectivity index (χ4v) is 1.65. The zero-order valence-corrected chi connectivity index (χ0v) is 11.8. The van der Waals surface area contributed by atoms with Crippen LogP contribution in [-0.4, -0.2) is 19.5 Å². The quantitative estimate of drug-likeness (QED) is 0.263. The molecule has 3 nitrogen and oxygen atoms in total. The Hall–Kier alpha value is -2.03. The lowest BCUT2D eigenvalue weighted by atomic mass is 10.2. The number of carbonyl (C=O) groups excluding carboxylic acids is 1. The van der Waals surface area contributed by atoms with Crippen molar-refractivity contribution in [3.63, 3.8) is 0 Å². The lowest BCUT2D eigenvalue weighted by molar-refractivity contribution is 0.112. The molecular weight excluding hydrogens is 252 g/mol. The molecule has 1 aromatic rings. The Bertz CT molecular complexity index is 420. The van der Waals surface area contributed by atoms with E-state index in [1.54, 1.807) is 18.2 Å². The summed E-state index contributed by atoms with van der Waals surface area (Å²) in [6.45, 7) is 8.65. The maximum atomic E-state index is 10.5. The first-order chi connectivity index (χ1) is 9.76. The van der Waals surface area contributed by atoms with Gasteiger partial charge in [-0.15, -0.1) is 0 Å². The minimum absolute atomic E-state index is 0.632. The highest BCUT2D eigenvalue weighted by Gasteiger charge is 1.96. The van der Waals surface area contributed by atoms with Crippen LogP contribution >= 0.6 is 0 Å². The van der Waals surface area contributed by atoms with Crippen LogP contribution < -0.4 is 4.74 Å². The third kappa shape index (κ3) is 6.78. The Balaban J connectivity index is 2.00. The maximum absolute atomic E-state index is 10.5. The SMILES string of the molecule is C=CC(=C)OCCCCCCOc1ccc(C=O)cc1. The van der Waals surface area contributed by atoms with Crippen LogP contribution in [0.15, 0.2) is 49.3 Å². The number of rotatable bonds is 11. The summed E-state index contributed by atoms with van der Waals surface area (Å²) in [7, 11) is 0. The highest BCUT2D eigenvalue weighted by Crippen LogP contribution is 2.12. The molecule has 0 unspecified atom stereocenters. The largest absolute Gasteiger partial charge is 0.494 e. The van der Waals surface area contributed by atoms with Crippen molar-refractivity contribution >= 4 is 6.29 Å². The van der Waals surface area contributed by atoms with Crippen LogP contribution in [0.3, 0.4) is 0 Å². The molecule has 1 rings (SSSR count). The third-order valence-electron chi connectivity index (χ3n) is 2.84. The Morgan fingerprint density at radius 2 is 1.70 bits per heavy atom. The molecule has 3 heteroatoms. The predicted octanol–water partition coefficient (Wildman–Crippen LogP) is 4.15. The molecule has 0 N–H and O–H groups in total. The zero-order chi connectivity index (χ0) is 14.6. The van der Waals surface area contributed by atoms with Gasteiger partial charge in [-0.05, 0) is 56.0 Å². The van der Waals surface area contributed by atoms with Crippen molar-refractivity contribution in [3.05, 3.63) is 54.8 Å². The van der Waals surface area contributed by atoms with Gasteiger partial charge in [0.2, 0.25) is 0 Å². The highest BCUT2D eigenvalue weighted by molar-refractivity contribution is 5.74. The second-order valence-corrected chi connectivity index (χ2v) is 4.47. The second-order valence-electron chi connectivity index (χ2n) is 4.47. The molecule has 0 aliphatic heterocycles. The molecule has 0 aliphatic carbocycles. The van der Waals surface area contributed by atoms with Crippen molar-refractivity contribution < 1.29 is 14.3 Å². The maximum Gasteiger partial charge on any atom is 0.150 e. The first kappa shape index (κ1) is 16.0. The van der Waals surface area contributed by atoms with Crippen LogP contribution in [0.4, 0.5) is 0 Å². The molecule has 108 valence electrons. The van der Waals surface area contributed by atoms with Crippen LogP contribution in [0.25, 0.3) is 0 Å². The van der Waals surface area contributed by atoms with Crippen molar-refractivity contribution in [2.45, 2.75) is 25.7 Å². The summed E-state index contributed by atoms with van der Waals surface area (Å²) in [6.07, 6.45) is 6.68. The highest BCUT2D eigenvalue weighted by atomic mass is 16.5. The average Bonchev–Trinajstić information content (AvgIpc) is 2.50. The van der Waals surface area contributed by atoms with E-state index in [9.17, 15) is 4.79 Å². The Kier molecular flexibility index (Phi) is 7.89. The molecular formula is C17H22O3. The summed E-state index contributed by atoms with van der Waals surface area (Å²) >= 11 is 0. The van der Waals surface area contributed by atoms with Gasteiger partial charge in [0, 0.05) is 5.56 Å². The standard InChI is InChI=1S/C17H22O3/c1-3-15(2)19-12-6-4-5-7-13-20-17-10-8-16(14-18)9-11-17/h3,8-11,14H,1-2,4-7,12-13H2. The molecule has 0 saturated heterocycles. The van der Waals surface area contributed by atoms with Crippen LogP contribution in [0.2, 0.25) is 0 Å². The number of aldehydes is 1. The molecule has 0 bridgehead atoms. The molecule has 0 saturated carbocycles. The monoisotopic (exact) mass is 274 g/mol. The summed E-state index contributed by atoms with van der Waals surface area (Å²) in [4.78, 5) is 10.5. The van der Waals surface area contributed by atoms with Crippen molar-refractivity contribution in [2.75, 3.05) is 13.2 Å². The van der Waals surface area contributed by atoms with E-state index >= 15 is 0 Å². The fourth-order valence-electron chi connectivity index (χ4n) is 1.65. The lowest BCUT2D eigenvalue weighted by Crippen LogP contribution is -1.98. The number of hydrogen-bond acceptors (Lipinski definition) is 3. The normalized spacial score (nSPS) is 9.80. The van der Waals surface area contributed by atoms with Gasteiger partial charge >= 0.3 is 0 Å². The average molecular weight is 274 g/mol. The Morgan fingerprint density at radius 3 is 2.30 bits per heavy atom. The summed E-state index contributed by atoms with van der Waals surface area (Å²) in [6, 6.07) is 7.15. The Morgan fingerprint density at radius 1 is 1.05 bits per heavy atom. The van der Waals surface area contributed by atoms with E-state index in [4.69, 9.17) is 9.47 Å². The van der Waals surface area contributed by atoms with E-state index in [2.05, 4.69) is 13.2 Å². The fraction of sp³-hybridized carbons (Fsp3) is 0.353. The summed E-state index contributed by atoms with van der Waals surface area (Å²) < 4.78 is 10.9. The van der Waals surface area contributed by atoms with Crippen molar-refractivity contribution in [1.82, 2.24) is 0 Å². The molecule has 0 aliphatic rings. The predicted molar refractivity (Wildman–Crippen MR) is 81.1 cm³/mol. The first-order valence-electron chi connectivity index (χ1n) is 6.88. The van der Waals surface area contributed by atoms with E-state index in [1.807, 2.05) is 12.1 Å². The van der Waals surface area contributed by atoms with Gasteiger partial charge in [0.1, 0.15) is 17.8 Å². The first-order valence-corrected chi connectivity index (χ1v) is 6.88. The van der Waals surface area contributed by atoms with E-state index in [-0.39, 0.29) is 0 Å². The van der Waals surface area contributed by atoms with Crippen LogP contribution in [0.5, 0.6) is 5.75 Å². The van der Waals surface area contributed by atoms with E-state index in [0.717, 1.165) is 37.7 Å². The van der Waals surface area contributed by atoms with Gasteiger partial charge in [-0.2, -0.15) is 0 Å². The van der Waals surface area contributed by atoms with Gasteiger partial charge in [-0.25, -0.2) is 0 Å². The minimum Gasteiger partial charge on any atom is -0.494 e. The summed E-state index contributed by atoms with van der Waals surface area (Å²) in [5, 5.41) is 0. The van der Waals surface area contributed by atoms with Crippen LogP contribution in [0, 0.1) is 0 Å². The third-order valence-corrected chi connectivity index (χ3v) is 2.84. The number of carbonyl (C=O) groups is 1. The molecule has 0 amide bonds. The molecule has 0 aromatic heterocycles. The van der Waals surface area contributed by atoms with E-state index in [1.165, 1.54) is 0 Å². The van der Waals surface area contributed by atoms with Gasteiger partial charge in [-0.1, -0.05) is 13.2 Å². The number of ether oxygens (including phenoxy) is 2. The van der Waals surface area contributed by atoms with Crippen molar-refractivity contribution in [3.8, 4) is 5.75 Å². The van der Waals surface area contributed by atoms with Gasteiger partial charge in [0.25, 0.3) is 0 Å². The molecule has 0 heterocycles. The lowest BCUT2D eigenvalue weighted by Gasteiger charge is -2.07. The van der Waals surface area contributed by atoms with Crippen LogP contribution in [0.1, 0.15) is 36.0 Å². The van der Waals surface area contributed by atoms with Gasteiger partial charge in [0.15, 0.2) is 0 Å². The minimum atomic E-state index is 0.632. The Labute approximate surface area is 120 Å². The molecule has 0 spiro atoms. The smallest absolute Gasteiger partial charge is 0.150 e. The van der Waals surface area contributed by atoms with Gasteiger partial charge < -0.3 is 9.47 Å². The molecule has 20 heavy (non-hydrogen) atoms. The molecule has 0 fully saturated rings. The number of benzene rings is 1. The number of unbranched alkanes of at least 4 members (excludes halogenated alkanes) is 3. The summed E-state index contributed by atoms with van der Waals surface area (Å²) in [5.74, 6) is 1.44. The zero-order valence-electron chi connectivity index (χ0n) is 11.8. The van der Waals surface area contributed by atoms with E-state index in [0.29, 0.717) is 24.5 Å². The number of allylic oxidation sites excluding steroid dienone is 1. The molecule has 0 atom stereocenters. The van der Waals surface area contributed by atoms with Crippen molar-refractivity contribution in [2.24, 2.45) is 0 Å². The van der Waals surface area contributed by atoms with Gasteiger partial charge in [0.05, 0.1) is 13.2 Å². The summed E-state index contributed by atoms with van der Waals surface area (Å²) in [5.41, 5.74) is 0.665. The number of hydrogen-bond donors (Lipinski definition) is 0.